The van der Waals surface area contributed by atoms with E-state index < -0.39 is 0 Å². The highest BCUT2D eigenvalue weighted by Gasteiger charge is 2.50. The van der Waals surface area contributed by atoms with Gasteiger partial charge in [-0.1, -0.05) is 12.1 Å². The second kappa shape index (κ2) is 6.72. The molecule has 0 radical (unpaired) electrons. The lowest BCUT2D eigenvalue weighted by Crippen LogP contribution is -2.47. The quantitative estimate of drug-likeness (QED) is 0.919. The van der Waals surface area contributed by atoms with Gasteiger partial charge in [0.1, 0.15) is 11.3 Å². The molecule has 136 valence electrons. The number of benzene rings is 1. The van der Waals surface area contributed by atoms with Crippen LogP contribution in [-0.4, -0.2) is 41.5 Å². The Morgan fingerprint density at radius 1 is 1.23 bits per heavy atom. The van der Waals surface area contributed by atoms with E-state index in [-0.39, 0.29) is 17.5 Å². The van der Waals surface area contributed by atoms with Crippen molar-refractivity contribution in [3.05, 3.63) is 48.3 Å². The molecule has 4 rings (SSSR count). The molecule has 2 fully saturated rings. The number of amides is 1. The third-order valence-electron chi connectivity index (χ3n) is 5.58. The van der Waals surface area contributed by atoms with Gasteiger partial charge in [-0.25, -0.2) is 0 Å². The predicted molar refractivity (Wildman–Crippen MR) is 101 cm³/mol. The molecule has 5 nitrogen and oxygen atoms in total. The maximum Gasteiger partial charge on any atom is 0.242 e. The fraction of sp³-hybridized carbons (Fsp3) is 0.429. The number of nitrogens with zero attached hydrogens (tertiary/aromatic N) is 2. The summed E-state index contributed by atoms with van der Waals surface area (Å²) in [6.07, 6.45) is 4.57. The first-order valence-corrected chi connectivity index (χ1v) is 9.34. The fourth-order valence-corrected chi connectivity index (χ4v) is 4.12. The standard InChI is InChI=1S/C21H25N3O2/c1-3-26-17-6-4-15(5-7-17)16-9-12-22-19(14-16)18-8-10-21(23-18)11-13-24(2)20(21)25/h4-7,9,12,14,18,23H,3,8,10-11,13H2,1-2H3. The van der Waals surface area contributed by atoms with Crippen LogP contribution in [0.3, 0.4) is 0 Å². The molecule has 26 heavy (non-hydrogen) atoms. The van der Waals surface area contributed by atoms with Crippen LogP contribution in [0.5, 0.6) is 5.75 Å². The van der Waals surface area contributed by atoms with E-state index in [1.54, 1.807) is 0 Å². The minimum atomic E-state index is -0.379. The van der Waals surface area contributed by atoms with Gasteiger partial charge in [-0.2, -0.15) is 0 Å². The number of ether oxygens (including phenoxy) is 1. The number of likely N-dealkylation sites (N-methyl/N-ethyl adjacent to an activating group) is 1. The average molecular weight is 351 g/mol. The Bertz CT molecular complexity index is 805. The molecular formula is C21H25N3O2. The third-order valence-corrected chi connectivity index (χ3v) is 5.58. The Balaban J connectivity index is 1.54. The Morgan fingerprint density at radius 2 is 2.04 bits per heavy atom. The monoisotopic (exact) mass is 351 g/mol. The van der Waals surface area contributed by atoms with Gasteiger partial charge in [-0.3, -0.25) is 15.1 Å². The van der Waals surface area contributed by atoms with Crippen molar-refractivity contribution < 1.29 is 9.53 Å². The van der Waals surface area contributed by atoms with Crippen molar-refractivity contribution in [2.24, 2.45) is 0 Å². The Labute approximate surface area is 154 Å². The van der Waals surface area contributed by atoms with Gasteiger partial charge >= 0.3 is 0 Å². The summed E-state index contributed by atoms with van der Waals surface area (Å²) in [5.74, 6) is 1.11. The summed E-state index contributed by atoms with van der Waals surface area (Å²) in [4.78, 5) is 18.9. The minimum absolute atomic E-state index is 0.132. The first-order valence-electron chi connectivity index (χ1n) is 9.34. The lowest BCUT2D eigenvalue weighted by Gasteiger charge is -2.23. The minimum Gasteiger partial charge on any atom is -0.494 e. The van der Waals surface area contributed by atoms with Crippen molar-refractivity contribution in [3.63, 3.8) is 0 Å². The van der Waals surface area contributed by atoms with Gasteiger partial charge < -0.3 is 9.64 Å². The summed E-state index contributed by atoms with van der Waals surface area (Å²) in [6, 6.07) is 12.4. The van der Waals surface area contributed by atoms with Gasteiger partial charge in [0, 0.05) is 19.8 Å². The topological polar surface area (TPSA) is 54.5 Å². The van der Waals surface area contributed by atoms with Crippen LogP contribution in [0.1, 0.15) is 37.9 Å². The summed E-state index contributed by atoms with van der Waals surface area (Å²) >= 11 is 0. The summed E-state index contributed by atoms with van der Waals surface area (Å²) in [5, 5.41) is 3.59. The molecule has 2 aliphatic heterocycles. The van der Waals surface area contributed by atoms with Crippen LogP contribution in [0.15, 0.2) is 42.6 Å². The van der Waals surface area contributed by atoms with Gasteiger partial charge in [-0.05, 0) is 61.6 Å². The van der Waals surface area contributed by atoms with Crippen LogP contribution in [-0.2, 0) is 4.79 Å². The largest absolute Gasteiger partial charge is 0.494 e. The van der Waals surface area contributed by atoms with Gasteiger partial charge in [0.15, 0.2) is 0 Å². The van der Waals surface area contributed by atoms with Crippen LogP contribution in [0.25, 0.3) is 11.1 Å². The maximum atomic E-state index is 12.5. The lowest BCUT2D eigenvalue weighted by molar-refractivity contribution is -0.131. The molecule has 1 amide bonds. The molecule has 3 heterocycles. The second-order valence-electron chi connectivity index (χ2n) is 7.22. The molecular weight excluding hydrogens is 326 g/mol. The van der Waals surface area contributed by atoms with Crippen LogP contribution < -0.4 is 10.1 Å². The summed E-state index contributed by atoms with van der Waals surface area (Å²) in [6.45, 7) is 3.48. The highest BCUT2D eigenvalue weighted by Crippen LogP contribution is 2.39. The molecule has 0 saturated carbocycles. The highest BCUT2D eigenvalue weighted by molar-refractivity contribution is 5.88. The summed E-state index contributed by atoms with van der Waals surface area (Å²) in [5.41, 5.74) is 2.91. The van der Waals surface area contributed by atoms with Crippen molar-refractivity contribution in [3.8, 4) is 16.9 Å². The smallest absolute Gasteiger partial charge is 0.242 e. The third kappa shape index (κ3) is 2.97. The molecule has 2 saturated heterocycles. The molecule has 2 atom stereocenters. The Hall–Kier alpha value is -2.40. The van der Waals surface area contributed by atoms with E-state index >= 15 is 0 Å². The van der Waals surface area contributed by atoms with Crippen molar-refractivity contribution >= 4 is 5.91 Å². The number of nitrogens with one attached hydrogen (secondary N) is 1. The van der Waals surface area contributed by atoms with E-state index in [1.807, 2.05) is 43.3 Å². The average Bonchev–Trinajstić information content (AvgIpc) is 3.23. The van der Waals surface area contributed by atoms with Crippen molar-refractivity contribution in [1.82, 2.24) is 15.2 Å². The summed E-state index contributed by atoms with van der Waals surface area (Å²) < 4.78 is 5.52. The maximum absolute atomic E-state index is 12.5. The van der Waals surface area contributed by atoms with E-state index in [2.05, 4.69) is 28.5 Å². The molecule has 1 aromatic heterocycles. The van der Waals surface area contributed by atoms with E-state index in [9.17, 15) is 4.79 Å². The van der Waals surface area contributed by atoms with Gasteiger partial charge in [0.25, 0.3) is 0 Å². The van der Waals surface area contributed by atoms with Gasteiger partial charge in [0.05, 0.1) is 18.3 Å². The summed E-state index contributed by atoms with van der Waals surface area (Å²) in [7, 11) is 1.89. The number of likely N-dealkylation sites (tertiary alicyclic amines) is 1. The number of rotatable bonds is 4. The number of carbonyl (C=O) groups excluding carboxylic acids is 1. The normalized spacial score (nSPS) is 25.2. The van der Waals surface area contributed by atoms with Crippen LogP contribution in [0.4, 0.5) is 0 Å². The molecule has 5 heteroatoms. The van der Waals surface area contributed by atoms with E-state index in [1.165, 1.54) is 0 Å². The zero-order chi connectivity index (χ0) is 18.1. The molecule has 1 N–H and O–H groups in total. The van der Waals surface area contributed by atoms with Crippen molar-refractivity contribution in [2.75, 3.05) is 20.2 Å². The number of carbonyl (C=O) groups is 1. The van der Waals surface area contributed by atoms with Crippen molar-refractivity contribution in [2.45, 2.75) is 37.8 Å². The van der Waals surface area contributed by atoms with Gasteiger partial charge in [-0.15, -0.1) is 0 Å². The zero-order valence-electron chi connectivity index (χ0n) is 15.4. The fourth-order valence-electron chi connectivity index (χ4n) is 4.12. The Kier molecular flexibility index (Phi) is 4.41. The zero-order valence-corrected chi connectivity index (χ0v) is 15.4. The highest BCUT2D eigenvalue weighted by atomic mass is 16.5. The van der Waals surface area contributed by atoms with Gasteiger partial charge in [0.2, 0.25) is 5.91 Å². The number of aromatic nitrogens is 1. The predicted octanol–water partition coefficient (Wildman–Crippen LogP) is 3.17. The SMILES string of the molecule is CCOc1ccc(-c2ccnc(C3CCC4(CCN(C)C4=O)N3)c2)cc1. The lowest BCUT2D eigenvalue weighted by atomic mass is 9.96. The molecule has 0 bridgehead atoms. The molecule has 2 aliphatic rings. The second-order valence-corrected chi connectivity index (χ2v) is 7.22. The molecule has 1 aromatic carbocycles. The van der Waals surface area contributed by atoms with Crippen molar-refractivity contribution in [1.29, 1.82) is 0 Å². The van der Waals surface area contributed by atoms with Crippen LogP contribution in [0.2, 0.25) is 0 Å². The van der Waals surface area contributed by atoms with E-state index in [0.717, 1.165) is 48.4 Å². The molecule has 0 aliphatic carbocycles. The Morgan fingerprint density at radius 3 is 2.73 bits per heavy atom. The van der Waals surface area contributed by atoms with E-state index in [4.69, 9.17) is 4.74 Å². The number of hydrogen-bond donors (Lipinski definition) is 1. The molecule has 1 spiro atoms. The van der Waals surface area contributed by atoms with E-state index in [0.29, 0.717) is 6.61 Å². The number of pyridine rings is 1. The van der Waals surface area contributed by atoms with Crippen LogP contribution >= 0.6 is 0 Å². The number of hydrogen-bond acceptors (Lipinski definition) is 4. The first-order chi connectivity index (χ1) is 12.6. The molecule has 2 aromatic rings. The molecule has 2 unspecified atom stereocenters. The van der Waals surface area contributed by atoms with Crippen LogP contribution in [0, 0.1) is 0 Å². The first kappa shape index (κ1) is 17.0.